The van der Waals surface area contributed by atoms with Crippen LogP contribution in [0.5, 0.6) is 5.75 Å². The lowest BCUT2D eigenvalue weighted by atomic mass is 9.85. The summed E-state index contributed by atoms with van der Waals surface area (Å²) >= 11 is 0. The fourth-order valence-corrected chi connectivity index (χ4v) is 1.57. The highest BCUT2D eigenvalue weighted by Gasteiger charge is 2.34. The van der Waals surface area contributed by atoms with E-state index in [4.69, 9.17) is 10.5 Å². The first-order valence-electron chi connectivity index (χ1n) is 4.19. The second kappa shape index (κ2) is 3.56. The molecule has 0 aromatic heterocycles. The monoisotopic (exact) mass is 199 g/mol. The third kappa shape index (κ3) is 1.52. The molecule has 13 heavy (non-hydrogen) atoms. The van der Waals surface area contributed by atoms with E-state index < -0.39 is 0 Å². The van der Waals surface area contributed by atoms with Crippen molar-refractivity contribution in [1.29, 1.82) is 0 Å². The molecule has 2 nitrogen and oxygen atoms in total. The maximum absolute atomic E-state index is 5.70. The first-order valence-corrected chi connectivity index (χ1v) is 4.19. The van der Waals surface area contributed by atoms with Crippen LogP contribution in [0.2, 0.25) is 0 Å². The topological polar surface area (TPSA) is 35.2 Å². The van der Waals surface area contributed by atoms with Gasteiger partial charge in [-0.2, -0.15) is 0 Å². The van der Waals surface area contributed by atoms with Gasteiger partial charge in [0.2, 0.25) is 0 Å². The van der Waals surface area contributed by atoms with Crippen LogP contribution in [0.25, 0.3) is 0 Å². The number of nitrogens with two attached hydrogens (primary N) is 1. The number of ether oxygens (including phenoxy) is 1. The van der Waals surface area contributed by atoms with E-state index in [0.717, 1.165) is 5.75 Å². The molecular formula is C10H14ClNO. The maximum atomic E-state index is 5.70. The summed E-state index contributed by atoms with van der Waals surface area (Å²) in [4.78, 5) is 0. The van der Waals surface area contributed by atoms with Gasteiger partial charge in [0.25, 0.3) is 0 Å². The minimum absolute atomic E-state index is 0. The zero-order valence-electron chi connectivity index (χ0n) is 7.62. The van der Waals surface area contributed by atoms with E-state index in [1.807, 2.05) is 18.2 Å². The van der Waals surface area contributed by atoms with Gasteiger partial charge in [-0.05, 0) is 6.07 Å². The Morgan fingerprint density at radius 3 is 2.85 bits per heavy atom. The first-order chi connectivity index (χ1) is 5.76. The molecule has 0 radical (unpaired) electrons. The predicted molar refractivity (Wildman–Crippen MR) is 55.6 cm³/mol. The fraction of sp³-hybridized carbons (Fsp3) is 0.400. The SMILES string of the molecule is CC1(CN)COc2ccccc21.Cl. The molecule has 72 valence electrons. The van der Waals surface area contributed by atoms with E-state index in [0.29, 0.717) is 13.2 Å². The first kappa shape index (κ1) is 10.4. The number of hydrogen-bond acceptors (Lipinski definition) is 2. The third-order valence-electron chi connectivity index (χ3n) is 2.53. The summed E-state index contributed by atoms with van der Waals surface area (Å²) in [6.45, 7) is 3.49. The van der Waals surface area contributed by atoms with Crippen molar-refractivity contribution in [2.75, 3.05) is 13.2 Å². The molecule has 2 rings (SSSR count). The molecule has 1 aromatic carbocycles. The Morgan fingerprint density at radius 2 is 2.15 bits per heavy atom. The van der Waals surface area contributed by atoms with Gasteiger partial charge in [0.05, 0.1) is 6.61 Å². The molecule has 0 bridgehead atoms. The zero-order chi connectivity index (χ0) is 8.60. The van der Waals surface area contributed by atoms with Crippen molar-refractivity contribution in [1.82, 2.24) is 0 Å². The van der Waals surface area contributed by atoms with E-state index >= 15 is 0 Å². The zero-order valence-corrected chi connectivity index (χ0v) is 8.43. The highest BCUT2D eigenvalue weighted by atomic mass is 35.5. The lowest BCUT2D eigenvalue weighted by Gasteiger charge is -2.19. The van der Waals surface area contributed by atoms with Crippen LogP contribution in [0.1, 0.15) is 12.5 Å². The van der Waals surface area contributed by atoms with Gasteiger partial charge in [0.15, 0.2) is 0 Å². The molecule has 1 unspecified atom stereocenters. The summed E-state index contributed by atoms with van der Waals surface area (Å²) in [5.41, 5.74) is 6.97. The van der Waals surface area contributed by atoms with Crippen molar-refractivity contribution in [3.63, 3.8) is 0 Å². The highest BCUT2D eigenvalue weighted by molar-refractivity contribution is 5.85. The standard InChI is InChI=1S/C10H13NO.ClH/c1-10(6-11)7-12-9-5-3-2-4-8(9)10;/h2-5H,6-7,11H2,1H3;1H. The van der Waals surface area contributed by atoms with Gasteiger partial charge in [-0.3, -0.25) is 0 Å². The molecule has 1 heterocycles. The van der Waals surface area contributed by atoms with Crippen molar-refractivity contribution in [3.05, 3.63) is 29.8 Å². The van der Waals surface area contributed by atoms with Gasteiger partial charge in [-0.15, -0.1) is 12.4 Å². The molecule has 0 fully saturated rings. The quantitative estimate of drug-likeness (QED) is 0.748. The summed E-state index contributed by atoms with van der Waals surface area (Å²) in [7, 11) is 0. The fourth-order valence-electron chi connectivity index (χ4n) is 1.57. The molecule has 1 aliphatic rings. The number of halogens is 1. The van der Waals surface area contributed by atoms with Crippen LogP contribution in [-0.4, -0.2) is 13.2 Å². The number of rotatable bonds is 1. The number of fused-ring (bicyclic) bond motifs is 1. The highest BCUT2D eigenvalue weighted by Crippen LogP contribution is 2.37. The second-order valence-electron chi connectivity index (χ2n) is 3.55. The molecular weight excluding hydrogens is 186 g/mol. The summed E-state index contributed by atoms with van der Waals surface area (Å²) < 4.78 is 5.52. The van der Waals surface area contributed by atoms with Gasteiger partial charge >= 0.3 is 0 Å². The predicted octanol–water partition coefficient (Wildman–Crippen LogP) is 1.72. The Morgan fingerprint density at radius 1 is 1.46 bits per heavy atom. The summed E-state index contributed by atoms with van der Waals surface area (Å²) in [6.07, 6.45) is 0. The Labute approximate surface area is 84.5 Å². The van der Waals surface area contributed by atoms with Gasteiger partial charge in [0, 0.05) is 17.5 Å². The Balaban J connectivity index is 0.000000845. The molecule has 1 atom stereocenters. The van der Waals surface area contributed by atoms with Gasteiger partial charge < -0.3 is 10.5 Å². The van der Waals surface area contributed by atoms with Crippen molar-refractivity contribution in [2.24, 2.45) is 5.73 Å². The molecule has 0 aliphatic carbocycles. The van der Waals surface area contributed by atoms with Crippen molar-refractivity contribution in [2.45, 2.75) is 12.3 Å². The molecule has 1 aliphatic heterocycles. The summed E-state index contributed by atoms with van der Waals surface area (Å²) in [5, 5.41) is 0. The normalized spacial score (nSPS) is 24.5. The molecule has 0 amide bonds. The van der Waals surface area contributed by atoms with Crippen molar-refractivity contribution < 1.29 is 4.74 Å². The molecule has 3 heteroatoms. The smallest absolute Gasteiger partial charge is 0.123 e. The van der Waals surface area contributed by atoms with Crippen LogP contribution in [0.3, 0.4) is 0 Å². The van der Waals surface area contributed by atoms with E-state index in [9.17, 15) is 0 Å². The number of benzene rings is 1. The maximum Gasteiger partial charge on any atom is 0.123 e. The van der Waals surface area contributed by atoms with E-state index in [1.165, 1.54) is 5.56 Å². The molecule has 1 aromatic rings. The van der Waals surface area contributed by atoms with Crippen LogP contribution in [0.15, 0.2) is 24.3 Å². The summed E-state index contributed by atoms with van der Waals surface area (Å²) in [6, 6.07) is 8.11. The minimum atomic E-state index is 0. The van der Waals surface area contributed by atoms with Crippen LogP contribution in [0, 0.1) is 0 Å². The van der Waals surface area contributed by atoms with Crippen molar-refractivity contribution in [3.8, 4) is 5.75 Å². The van der Waals surface area contributed by atoms with Crippen LogP contribution < -0.4 is 10.5 Å². The molecule has 2 N–H and O–H groups in total. The largest absolute Gasteiger partial charge is 0.492 e. The lowest BCUT2D eigenvalue weighted by molar-refractivity contribution is 0.282. The lowest BCUT2D eigenvalue weighted by Crippen LogP contribution is -2.33. The van der Waals surface area contributed by atoms with Gasteiger partial charge in [-0.1, -0.05) is 25.1 Å². The Kier molecular flexibility index (Phi) is 2.84. The second-order valence-corrected chi connectivity index (χ2v) is 3.55. The molecule has 0 spiro atoms. The van der Waals surface area contributed by atoms with Crippen LogP contribution in [-0.2, 0) is 5.41 Å². The molecule has 0 saturated heterocycles. The average molecular weight is 200 g/mol. The number of para-hydroxylation sites is 1. The van der Waals surface area contributed by atoms with E-state index in [1.54, 1.807) is 0 Å². The Bertz CT molecular complexity index is 303. The summed E-state index contributed by atoms with van der Waals surface area (Å²) in [5.74, 6) is 0.991. The average Bonchev–Trinajstić information content (AvgIpc) is 2.46. The minimum Gasteiger partial charge on any atom is -0.492 e. The van der Waals surface area contributed by atoms with Crippen molar-refractivity contribution >= 4 is 12.4 Å². The third-order valence-corrected chi connectivity index (χ3v) is 2.53. The van der Waals surface area contributed by atoms with E-state index in [2.05, 4.69) is 13.0 Å². The van der Waals surface area contributed by atoms with Crippen LogP contribution in [0.4, 0.5) is 0 Å². The van der Waals surface area contributed by atoms with Crippen LogP contribution >= 0.6 is 12.4 Å². The molecule has 0 saturated carbocycles. The van der Waals surface area contributed by atoms with Gasteiger partial charge in [0.1, 0.15) is 5.75 Å². The van der Waals surface area contributed by atoms with Gasteiger partial charge in [-0.25, -0.2) is 0 Å². The Hall–Kier alpha value is -0.730. The van der Waals surface area contributed by atoms with E-state index in [-0.39, 0.29) is 17.8 Å². The number of hydrogen-bond donors (Lipinski definition) is 1.